The van der Waals surface area contributed by atoms with Crippen LogP contribution in [0.1, 0.15) is 38.8 Å². The number of guanidine groups is 1. The number of rotatable bonds is 8. The lowest BCUT2D eigenvalue weighted by molar-refractivity contribution is 0.446. The molecule has 0 aliphatic heterocycles. The molecule has 1 rings (SSSR count). The minimum Gasteiger partial charge on any atom is -0.357 e. The lowest BCUT2D eigenvalue weighted by Gasteiger charge is -2.26. The molecule has 0 radical (unpaired) electrons. The number of nitrogens with zero attached hydrogens (tertiary/aromatic N) is 1. The van der Waals surface area contributed by atoms with Gasteiger partial charge in [0.15, 0.2) is 5.96 Å². The molecule has 0 amide bonds. The van der Waals surface area contributed by atoms with Crippen molar-refractivity contribution in [1.29, 1.82) is 0 Å². The van der Waals surface area contributed by atoms with E-state index in [0.717, 1.165) is 19.2 Å². The Bertz CT molecular complexity index is 660. The maximum absolute atomic E-state index is 11.4. The average Bonchev–Trinajstić information content (AvgIpc) is 2.48. The zero-order valence-electron chi connectivity index (χ0n) is 15.7. The van der Waals surface area contributed by atoms with Gasteiger partial charge in [-0.3, -0.25) is 0 Å². The lowest BCUT2D eigenvalue weighted by atomic mass is 10.1. The molecule has 8 heteroatoms. The van der Waals surface area contributed by atoms with Crippen LogP contribution in [0.25, 0.3) is 0 Å². The van der Waals surface area contributed by atoms with Gasteiger partial charge in [0.05, 0.1) is 12.8 Å². The van der Waals surface area contributed by atoms with Gasteiger partial charge in [-0.25, -0.2) is 18.1 Å². The molecule has 0 fully saturated rings. The Kier molecular flexibility index (Phi) is 10.6. The maximum atomic E-state index is 11.4. The van der Waals surface area contributed by atoms with E-state index in [1.54, 1.807) is 0 Å². The Balaban J connectivity index is 0.00000576. The number of sulfonamides is 1. The summed E-state index contributed by atoms with van der Waals surface area (Å²) in [7, 11) is -3.26. The van der Waals surface area contributed by atoms with E-state index >= 15 is 0 Å². The van der Waals surface area contributed by atoms with Crippen LogP contribution in [-0.4, -0.2) is 39.3 Å². The fraction of sp³-hybridized carbons (Fsp3) is 0.588. The summed E-state index contributed by atoms with van der Waals surface area (Å²) in [5, 5.41) is 6.39. The van der Waals surface area contributed by atoms with Gasteiger partial charge in [-0.15, -0.1) is 24.0 Å². The molecule has 0 heterocycles. The minimum atomic E-state index is -3.26. The maximum Gasteiger partial charge on any atom is 0.209 e. The SMILES string of the molecule is CCNC(=NCc1ccccc1CC)NCC(C)(C)NS(C)(=O)=O.I. The zero-order chi connectivity index (χ0) is 18.2. The van der Waals surface area contributed by atoms with E-state index in [-0.39, 0.29) is 24.0 Å². The van der Waals surface area contributed by atoms with Crippen LogP contribution in [0.5, 0.6) is 0 Å². The Morgan fingerprint density at radius 1 is 1.12 bits per heavy atom. The van der Waals surface area contributed by atoms with E-state index in [1.165, 1.54) is 11.1 Å². The van der Waals surface area contributed by atoms with Crippen LogP contribution in [0, 0.1) is 0 Å². The van der Waals surface area contributed by atoms with Crippen molar-refractivity contribution in [3.8, 4) is 0 Å². The van der Waals surface area contributed by atoms with Gasteiger partial charge in [-0.05, 0) is 38.3 Å². The van der Waals surface area contributed by atoms with Gasteiger partial charge < -0.3 is 10.6 Å². The van der Waals surface area contributed by atoms with Crippen LogP contribution >= 0.6 is 24.0 Å². The number of benzene rings is 1. The second-order valence-corrected chi connectivity index (χ2v) is 8.18. The molecule has 0 atom stereocenters. The van der Waals surface area contributed by atoms with Crippen LogP contribution in [0.3, 0.4) is 0 Å². The third-order valence-corrected chi connectivity index (χ3v) is 4.33. The lowest BCUT2D eigenvalue weighted by Crippen LogP contribution is -2.53. The first-order chi connectivity index (χ1) is 11.2. The third-order valence-electron chi connectivity index (χ3n) is 3.41. The van der Waals surface area contributed by atoms with Crippen LogP contribution in [0.4, 0.5) is 0 Å². The minimum absolute atomic E-state index is 0. The van der Waals surface area contributed by atoms with Crippen molar-refractivity contribution < 1.29 is 8.42 Å². The summed E-state index contributed by atoms with van der Waals surface area (Å²) in [6.45, 7) is 9.54. The van der Waals surface area contributed by atoms with E-state index in [4.69, 9.17) is 0 Å². The van der Waals surface area contributed by atoms with Gasteiger partial charge >= 0.3 is 0 Å². The Morgan fingerprint density at radius 2 is 1.72 bits per heavy atom. The van der Waals surface area contributed by atoms with Gasteiger partial charge in [0.25, 0.3) is 0 Å². The summed E-state index contributed by atoms with van der Waals surface area (Å²) in [6, 6.07) is 8.25. The molecule has 0 saturated carbocycles. The molecular weight excluding hydrogens is 451 g/mol. The molecule has 0 saturated heterocycles. The van der Waals surface area contributed by atoms with Gasteiger partial charge in [-0.1, -0.05) is 31.2 Å². The quantitative estimate of drug-likeness (QED) is 0.302. The Hall–Kier alpha value is -0.870. The highest BCUT2D eigenvalue weighted by molar-refractivity contribution is 14.0. The fourth-order valence-electron chi connectivity index (χ4n) is 2.41. The standard InChI is InChI=1S/C17H30N4O2S.HI/c1-6-14-10-8-9-11-15(14)12-19-16(18-7-2)20-13-17(3,4)21-24(5,22)23;/h8-11,21H,6-7,12-13H2,1-5H3,(H2,18,19,20);1H. The van der Waals surface area contributed by atoms with E-state index < -0.39 is 15.6 Å². The van der Waals surface area contributed by atoms with Crippen molar-refractivity contribution >= 4 is 40.0 Å². The molecule has 0 unspecified atom stereocenters. The predicted octanol–water partition coefficient (Wildman–Crippen LogP) is 2.25. The second kappa shape index (κ2) is 11.0. The summed E-state index contributed by atoms with van der Waals surface area (Å²) in [6.07, 6.45) is 2.14. The largest absolute Gasteiger partial charge is 0.357 e. The summed E-state index contributed by atoms with van der Waals surface area (Å²) in [4.78, 5) is 4.61. The highest BCUT2D eigenvalue weighted by Gasteiger charge is 2.22. The average molecular weight is 482 g/mol. The van der Waals surface area contributed by atoms with Crippen molar-refractivity contribution in [2.24, 2.45) is 4.99 Å². The molecule has 1 aromatic carbocycles. The van der Waals surface area contributed by atoms with Crippen molar-refractivity contribution in [3.05, 3.63) is 35.4 Å². The van der Waals surface area contributed by atoms with E-state index in [2.05, 4.69) is 39.4 Å². The van der Waals surface area contributed by atoms with Crippen LogP contribution in [0.15, 0.2) is 29.3 Å². The fourth-order valence-corrected chi connectivity index (χ4v) is 3.48. The summed E-state index contributed by atoms with van der Waals surface area (Å²) in [5.74, 6) is 0.673. The number of nitrogens with one attached hydrogen (secondary N) is 3. The molecular formula is C17H31IN4O2S. The molecule has 144 valence electrons. The van der Waals surface area contributed by atoms with Gasteiger partial charge in [0.2, 0.25) is 10.0 Å². The topological polar surface area (TPSA) is 82.6 Å². The van der Waals surface area contributed by atoms with Gasteiger partial charge in [-0.2, -0.15) is 0 Å². The first kappa shape index (κ1) is 24.1. The highest BCUT2D eigenvalue weighted by Crippen LogP contribution is 2.10. The summed E-state index contributed by atoms with van der Waals surface area (Å²) in [5.41, 5.74) is 1.88. The van der Waals surface area contributed by atoms with Crippen molar-refractivity contribution in [2.45, 2.75) is 46.2 Å². The molecule has 0 bridgehead atoms. The van der Waals surface area contributed by atoms with E-state index in [9.17, 15) is 8.42 Å². The third kappa shape index (κ3) is 10.0. The van der Waals surface area contributed by atoms with E-state index in [0.29, 0.717) is 19.0 Å². The van der Waals surface area contributed by atoms with Crippen molar-refractivity contribution in [1.82, 2.24) is 15.4 Å². The smallest absolute Gasteiger partial charge is 0.209 e. The monoisotopic (exact) mass is 482 g/mol. The van der Waals surface area contributed by atoms with Crippen LogP contribution in [-0.2, 0) is 23.0 Å². The molecule has 3 N–H and O–H groups in total. The van der Waals surface area contributed by atoms with Crippen molar-refractivity contribution in [2.75, 3.05) is 19.3 Å². The number of aliphatic imine (C=N–C) groups is 1. The van der Waals surface area contributed by atoms with Gasteiger partial charge in [0, 0.05) is 18.6 Å². The Labute approximate surface area is 169 Å². The normalized spacial score (nSPS) is 12.4. The molecule has 1 aromatic rings. The molecule has 6 nitrogen and oxygen atoms in total. The number of hydrogen-bond acceptors (Lipinski definition) is 3. The molecule has 25 heavy (non-hydrogen) atoms. The van der Waals surface area contributed by atoms with Gasteiger partial charge in [0.1, 0.15) is 0 Å². The second-order valence-electron chi connectivity index (χ2n) is 6.43. The Morgan fingerprint density at radius 3 is 2.24 bits per heavy atom. The molecule has 0 aromatic heterocycles. The van der Waals surface area contributed by atoms with E-state index in [1.807, 2.05) is 32.9 Å². The number of hydrogen-bond donors (Lipinski definition) is 3. The van der Waals surface area contributed by atoms with Crippen LogP contribution < -0.4 is 15.4 Å². The van der Waals surface area contributed by atoms with Crippen LogP contribution in [0.2, 0.25) is 0 Å². The zero-order valence-corrected chi connectivity index (χ0v) is 18.9. The molecule has 0 aliphatic rings. The predicted molar refractivity (Wildman–Crippen MR) is 116 cm³/mol. The molecule has 0 spiro atoms. The molecule has 0 aliphatic carbocycles. The summed E-state index contributed by atoms with van der Waals surface area (Å²) < 4.78 is 25.4. The number of aryl methyl sites for hydroxylation is 1. The first-order valence-corrected chi connectivity index (χ1v) is 10.1. The summed E-state index contributed by atoms with van der Waals surface area (Å²) >= 11 is 0. The highest BCUT2D eigenvalue weighted by atomic mass is 127. The van der Waals surface area contributed by atoms with Crippen molar-refractivity contribution in [3.63, 3.8) is 0 Å². The number of halogens is 1. The first-order valence-electron chi connectivity index (χ1n) is 8.24.